The molecule has 2 aromatic rings. The summed E-state index contributed by atoms with van der Waals surface area (Å²) in [5.41, 5.74) is 4.13. The molecule has 0 spiro atoms. The minimum atomic E-state index is -0.0806. The highest BCUT2D eigenvalue weighted by Crippen LogP contribution is 2.26. The summed E-state index contributed by atoms with van der Waals surface area (Å²) in [5.74, 6) is 0.408. The van der Waals surface area contributed by atoms with E-state index in [-0.39, 0.29) is 5.91 Å². The Morgan fingerprint density at radius 2 is 2.25 bits per heavy atom. The number of carbonyl (C=O) groups is 1. The molecular weight excluding hydrogens is 300 g/mol. The van der Waals surface area contributed by atoms with Crippen molar-refractivity contribution in [3.8, 4) is 0 Å². The maximum Gasteiger partial charge on any atom is 0.271 e. The van der Waals surface area contributed by atoms with E-state index in [0.29, 0.717) is 18.2 Å². The van der Waals surface area contributed by atoms with E-state index >= 15 is 0 Å². The van der Waals surface area contributed by atoms with E-state index in [1.807, 2.05) is 6.07 Å². The van der Waals surface area contributed by atoms with Crippen LogP contribution in [0.25, 0.3) is 0 Å². The van der Waals surface area contributed by atoms with Crippen LogP contribution in [-0.2, 0) is 6.42 Å². The van der Waals surface area contributed by atoms with Crippen molar-refractivity contribution >= 4 is 11.6 Å². The first-order chi connectivity index (χ1) is 11.7. The van der Waals surface area contributed by atoms with Crippen LogP contribution in [0.2, 0.25) is 0 Å². The molecule has 3 rings (SSSR count). The number of H-pyrrole nitrogens is 1. The molecule has 1 saturated heterocycles. The number of aryl methyl sites for hydroxylation is 2. The predicted octanol–water partition coefficient (Wildman–Crippen LogP) is 2.93. The second kappa shape index (κ2) is 7.51. The van der Waals surface area contributed by atoms with E-state index in [2.05, 4.69) is 58.5 Å². The van der Waals surface area contributed by atoms with Crippen molar-refractivity contribution in [1.82, 2.24) is 15.5 Å². The van der Waals surface area contributed by atoms with Crippen molar-refractivity contribution in [3.05, 3.63) is 47.3 Å². The van der Waals surface area contributed by atoms with Gasteiger partial charge in [0.05, 0.1) is 0 Å². The zero-order valence-electron chi connectivity index (χ0n) is 14.5. The number of rotatable bonds is 6. The number of para-hydroxylation sites is 1. The van der Waals surface area contributed by atoms with E-state index < -0.39 is 0 Å². The smallest absolute Gasteiger partial charge is 0.271 e. The van der Waals surface area contributed by atoms with Crippen LogP contribution in [0, 0.1) is 12.8 Å². The Hall–Kier alpha value is -2.30. The summed E-state index contributed by atoms with van der Waals surface area (Å²) in [6, 6.07) is 10.3. The molecule has 0 aliphatic carbocycles. The fraction of sp³-hybridized carbons (Fsp3) is 0.474. The molecular formula is C19H26N4O. The molecule has 5 heteroatoms. The van der Waals surface area contributed by atoms with E-state index in [0.717, 1.165) is 38.0 Å². The van der Waals surface area contributed by atoms with Gasteiger partial charge in [-0.15, -0.1) is 0 Å². The predicted molar refractivity (Wildman–Crippen MR) is 96.4 cm³/mol. The summed E-state index contributed by atoms with van der Waals surface area (Å²) in [6.07, 6.45) is 3.07. The quantitative estimate of drug-likeness (QED) is 0.858. The Labute approximate surface area is 143 Å². The monoisotopic (exact) mass is 326 g/mol. The lowest BCUT2D eigenvalue weighted by Gasteiger charge is -2.21. The molecule has 0 bridgehead atoms. The molecule has 2 heterocycles. The third-order valence-electron chi connectivity index (χ3n) is 4.68. The first-order valence-electron chi connectivity index (χ1n) is 8.80. The lowest BCUT2D eigenvalue weighted by Crippen LogP contribution is -2.31. The van der Waals surface area contributed by atoms with Crippen molar-refractivity contribution < 1.29 is 4.79 Å². The van der Waals surface area contributed by atoms with Crippen LogP contribution >= 0.6 is 0 Å². The molecule has 1 atom stereocenters. The van der Waals surface area contributed by atoms with Crippen molar-refractivity contribution in [2.45, 2.75) is 33.1 Å². The first-order valence-corrected chi connectivity index (χ1v) is 8.80. The minimum Gasteiger partial charge on any atom is -0.371 e. The standard InChI is InChI=1S/C19H26N4O/c1-3-6-16-11-17(22-21-16)19(24)20-12-15-9-10-23(13-15)18-8-5-4-7-14(18)2/h4-5,7-8,11,15H,3,6,9-10,12-13H2,1-2H3,(H,20,24)(H,21,22)/t15-/m0/s1. The van der Waals surface area contributed by atoms with Gasteiger partial charge in [-0.25, -0.2) is 0 Å². The van der Waals surface area contributed by atoms with Gasteiger partial charge in [0.2, 0.25) is 0 Å². The van der Waals surface area contributed by atoms with E-state index in [4.69, 9.17) is 0 Å². The number of hydrogen-bond donors (Lipinski definition) is 2. The van der Waals surface area contributed by atoms with Crippen LogP contribution in [0.1, 0.15) is 41.5 Å². The Morgan fingerprint density at radius 3 is 3.04 bits per heavy atom. The third kappa shape index (κ3) is 3.78. The summed E-state index contributed by atoms with van der Waals surface area (Å²) in [7, 11) is 0. The van der Waals surface area contributed by atoms with Crippen LogP contribution < -0.4 is 10.2 Å². The van der Waals surface area contributed by atoms with Crippen molar-refractivity contribution in [2.24, 2.45) is 5.92 Å². The number of benzene rings is 1. The Balaban J connectivity index is 1.50. The molecule has 0 saturated carbocycles. The summed E-state index contributed by atoms with van der Waals surface area (Å²) < 4.78 is 0. The summed E-state index contributed by atoms with van der Waals surface area (Å²) >= 11 is 0. The zero-order chi connectivity index (χ0) is 16.9. The number of aromatic amines is 1. The fourth-order valence-electron chi connectivity index (χ4n) is 3.34. The van der Waals surface area contributed by atoms with Crippen LogP contribution in [0.5, 0.6) is 0 Å². The van der Waals surface area contributed by atoms with Gasteiger partial charge in [-0.05, 0) is 43.4 Å². The molecule has 1 aliphatic rings. The zero-order valence-corrected chi connectivity index (χ0v) is 14.5. The maximum absolute atomic E-state index is 12.2. The first kappa shape index (κ1) is 16.6. The summed E-state index contributed by atoms with van der Waals surface area (Å²) in [6.45, 7) is 7.01. The van der Waals surface area contributed by atoms with Gasteiger partial charge in [-0.1, -0.05) is 31.5 Å². The molecule has 1 aromatic heterocycles. The number of nitrogens with zero attached hydrogens (tertiary/aromatic N) is 2. The summed E-state index contributed by atoms with van der Waals surface area (Å²) in [5, 5.41) is 10.1. The second-order valence-electron chi connectivity index (χ2n) is 6.63. The Bertz CT molecular complexity index is 694. The van der Waals surface area contributed by atoms with Crippen LogP contribution in [0.15, 0.2) is 30.3 Å². The van der Waals surface area contributed by atoms with Crippen molar-refractivity contribution in [3.63, 3.8) is 0 Å². The summed E-state index contributed by atoms with van der Waals surface area (Å²) in [4.78, 5) is 14.6. The average Bonchev–Trinajstić information content (AvgIpc) is 3.23. The third-order valence-corrected chi connectivity index (χ3v) is 4.68. The van der Waals surface area contributed by atoms with Crippen molar-refractivity contribution in [2.75, 3.05) is 24.5 Å². The van der Waals surface area contributed by atoms with Gasteiger partial charge >= 0.3 is 0 Å². The van der Waals surface area contributed by atoms with E-state index in [1.165, 1.54) is 11.3 Å². The largest absolute Gasteiger partial charge is 0.371 e. The topological polar surface area (TPSA) is 61.0 Å². The lowest BCUT2D eigenvalue weighted by atomic mass is 10.1. The highest BCUT2D eigenvalue weighted by Gasteiger charge is 2.24. The number of carbonyl (C=O) groups excluding carboxylic acids is 1. The van der Waals surface area contributed by atoms with Crippen molar-refractivity contribution in [1.29, 1.82) is 0 Å². The number of nitrogens with one attached hydrogen (secondary N) is 2. The van der Waals surface area contributed by atoms with Crippen LogP contribution in [0.3, 0.4) is 0 Å². The van der Waals surface area contributed by atoms with Crippen LogP contribution in [0.4, 0.5) is 5.69 Å². The van der Waals surface area contributed by atoms with E-state index in [1.54, 1.807) is 0 Å². The second-order valence-corrected chi connectivity index (χ2v) is 6.63. The number of aromatic nitrogens is 2. The average molecular weight is 326 g/mol. The fourth-order valence-corrected chi connectivity index (χ4v) is 3.34. The van der Waals surface area contributed by atoms with E-state index in [9.17, 15) is 4.79 Å². The maximum atomic E-state index is 12.2. The van der Waals surface area contributed by atoms with Gasteiger partial charge in [0, 0.05) is 31.0 Å². The lowest BCUT2D eigenvalue weighted by molar-refractivity contribution is 0.0943. The Morgan fingerprint density at radius 1 is 1.42 bits per heavy atom. The molecule has 1 fully saturated rings. The minimum absolute atomic E-state index is 0.0806. The number of amides is 1. The molecule has 128 valence electrons. The highest BCUT2D eigenvalue weighted by atomic mass is 16.1. The highest BCUT2D eigenvalue weighted by molar-refractivity contribution is 5.92. The molecule has 2 N–H and O–H groups in total. The number of anilines is 1. The van der Waals surface area contributed by atoms with Gasteiger partial charge in [0.1, 0.15) is 5.69 Å². The molecule has 0 radical (unpaired) electrons. The molecule has 24 heavy (non-hydrogen) atoms. The van der Waals surface area contributed by atoms with Gasteiger partial charge in [-0.2, -0.15) is 5.10 Å². The molecule has 1 aromatic carbocycles. The SMILES string of the molecule is CCCc1cc(C(=O)NC[C@@H]2CCN(c3ccccc3C)C2)n[nH]1. The molecule has 0 unspecified atom stereocenters. The van der Waals surface area contributed by atoms with Gasteiger partial charge in [-0.3, -0.25) is 9.89 Å². The van der Waals surface area contributed by atoms with Gasteiger partial charge < -0.3 is 10.2 Å². The van der Waals surface area contributed by atoms with Gasteiger partial charge in [0.25, 0.3) is 5.91 Å². The van der Waals surface area contributed by atoms with Crippen LogP contribution in [-0.4, -0.2) is 35.7 Å². The number of hydrogen-bond acceptors (Lipinski definition) is 3. The van der Waals surface area contributed by atoms with Gasteiger partial charge in [0.15, 0.2) is 0 Å². The molecule has 1 amide bonds. The Kier molecular flexibility index (Phi) is 5.18. The normalized spacial score (nSPS) is 17.2. The molecule has 1 aliphatic heterocycles. The molecule has 5 nitrogen and oxygen atoms in total.